The first-order valence-electron chi connectivity index (χ1n) is 3.25. The van der Waals surface area contributed by atoms with E-state index in [4.69, 9.17) is 28.5 Å². The van der Waals surface area contributed by atoms with E-state index in [9.17, 15) is 0 Å². The molecule has 0 N–H and O–H groups in total. The van der Waals surface area contributed by atoms with Gasteiger partial charge in [0.1, 0.15) is 5.40 Å². The fraction of sp³-hybridized carbons (Fsp3) is 0.250. The van der Waals surface area contributed by atoms with Crippen molar-refractivity contribution in [3.8, 4) is 5.40 Å². The Balaban J connectivity index is 0. The predicted molar refractivity (Wildman–Crippen MR) is 68.0 cm³/mol. The number of thioether (sulfide) groups is 1. The predicted octanol–water partition coefficient (Wildman–Crippen LogP) is 3.79. The van der Waals surface area contributed by atoms with Crippen LogP contribution >= 0.6 is 47.2 Å². The zero-order chi connectivity index (χ0) is 11.4. The Morgan fingerprint density at radius 3 is 2.14 bits per heavy atom. The highest BCUT2D eigenvalue weighted by molar-refractivity contribution is 8.03. The van der Waals surface area contributed by atoms with Crippen LogP contribution in [0.15, 0.2) is 28.2 Å². The lowest BCUT2D eigenvalue weighted by Crippen LogP contribution is -1.71. The number of hydrogen-bond acceptors (Lipinski definition) is 4. The van der Waals surface area contributed by atoms with E-state index in [2.05, 4.69) is 35.5 Å². The molecule has 0 bridgehead atoms. The highest BCUT2D eigenvalue weighted by Gasteiger charge is 1.84. The summed E-state index contributed by atoms with van der Waals surface area (Å²) in [5, 5.41) is 13.0. The molecule has 0 aliphatic rings. The Labute approximate surface area is 103 Å². The summed E-state index contributed by atoms with van der Waals surface area (Å²) in [5.41, 5.74) is 0. The third-order valence-corrected chi connectivity index (χ3v) is 1.77. The maximum Gasteiger partial charge on any atom is 0.133 e. The number of hydrogen-bond donors (Lipinski definition) is 0. The molecule has 14 heavy (non-hydrogen) atoms. The molecule has 0 aromatic rings. The Hall–Kier alpha value is -0.300. The monoisotopic (exact) mass is 266 g/mol. The van der Waals surface area contributed by atoms with Gasteiger partial charge in [-0.1, -0.05) is 36.4 Å². The number of rotatable bonds is 4. The largest absolute Gasteiger partial charge is 0.227 e. The summed E-state index contributed by atoms with van der Waals surface area (Å²) < 4.78 is 0. The lowest BCUT2D eigenvalue weighted by atomic mass is 10.6. The Bertz CT molecular complexity index is 278. The van der Waals surface area contributed by atoms with Crippen LogP contribution < -0.4 is 0 Å². The molecule has 0 atom stereocenters. The molecule has 0 fully saturated rings. The molecule has 0 aromatic carbocycles. The summed E-state index contributed by atoms with van der Waals surface area (Å²) in [6.45, 7) is 7.14. The van der Waals surface area contributed by atoms with Crippen LogP contribution in [0.3, 0.4) is 0 Å². The summed E-state index contributed by atoms with van der Waals surface area (Å²) in [6.07, 6.45) is 0. The third kappa shape index (κ3) is 22.6. The number of isothiocyanates is 1. The van der Waals surface area contributed by atoms with Crippen molar-refractivity contribution in [3.63, 3.8) is 0 Å². The molecule has 0 saturated heterocycles. The Kier molecular flexibility index (Phi) is 14.6. The van der Waals surface area contributed by atoms with Crippen molar-refractivity contribution >= 4 is 52.3 Å². The normalized spacial score (nSPS) is 7.21. The Morgan fingerprint density at radius 1 is 1.43 bits per heavy atom. The van der Waals surface area contributed by atoms with E-state index >= 15 is 0 Å². The molecule has 0 saturated carbocycles. The highest BCUT2D eigenvalue weighted by Crippen LogP contribution is 2.06. The molecule has 0 aromatic heterocycles. The van der Waals surface area contributed by atoms with Crippen molar-refractivity contribution in [2.24, 2.45) is 4.99 Å². The average molecular weight is 267 g/mol. The summed E-state index contributed by atoms with van der Waals surface area (Å²) >= 11 is 15.9. The van der Waals surface area contributed by atoms with Crippen LogP contribution in [-0.2, 0) is 0 Å². The second kappa shape index (κ2) is 12.7. The maximum absolute atomic E-state index is 7.93. The van der Waals surface area contributed by atoms with E-state index in [-0.39, 0.29) is 0 Å². The first-order chi connectivity index (χ1) is 6.54. The van der Waals surface area contributed by atoms with Crippen LogP contribution in [0.4, 0.5) is 0 Å². The summed E-state index contributed by atoms with van der Waals surface area (Å²) in [6, 6.07) is 0. The number of thiocarbonyl (C=S) groups is 1. The smallest absolute Gasteiger partial charge is 0.133 e. The zero-order valence-electron chi connectivity index (χ0n) is 7.30. The molecule has 0 heterocycles. The third-order valence-electron chi connectivity index (χ3n) is 0.609. The van der Waals surface area contributed by atoms with Crippen molar-refractivity contribution in [1.82, 2.24) is 0 Å². The van der Waals surface area contributed by atoms with Gasteiger partial charge in [0, 0.05) is 15.8 Å². The minimum atomic E-state index is 0.380. The molecule has 0 amide bonds. The summed E-state index contributed by atoms with van der Waals surface area (Å²) in [5.74, 6) is 0.526. The van der Waals surface area contributed by atoms with Crippen LogP contribution in [0.5, 0.6) is 0 Å². The van der Waals surface area contributed by atoms with E-state index in [0.717, 1.165) is 11.8 Å². The number of thiocyanates is 1. The molecule has 0 aliphatic heterocycles. The van der Waals surface area contributed by atoms with Gasteiger partial charge in [0.2, 0.25) is 0 Å². The van der Waals surface area contributed by atoms with Gasteiger partial charge in [-0.3, -0.25) is 0 Å². The van der Waals surface area contributed by atoms with Gasteiger partial charge in [0.05, 0.1) is 11.7 Å². The fourth-order valence-corrected chi connectivity index (χ4v) is 0.738. The minimum Gasteiger partial charge on any atom is -0.227 e. The second-order valence-corrected chi connectivity index (χ2v) is 3.83. The standard InChI is InChI=1S/2C4H4ClNS/c1-4(5)2-7-3-6;1-4(5)2-6-3-7/h2*1-2H2. The number of halogens is 2. The molecular weight excluding hydrogens is 259 g/mol. The van der Waals surface area contributed by atoms with Crippen LogP contribution in [0, 0.1) is 10.7 Å². The minimum absolute atomic E-state index is 0.380. The second-order valence-electron chi connectivity index (χ2n) is 1.82. The molecule has 2 nitrogen and oxygen atoms in total. The van der Waals surface area contributed by atoms with Crippen molar-refractivity contribution in [3.05, 3.63) is 23.2 Å². The van der Waals surface area contributed by atoms with Crippen molar-refractivity contribution in [2.45, 2.75) is 0 Å². The van der Waals surface area contributed by atoms with Crippen LogP contribution in [0.1, 0.15) is 0 Å². The molecule has 0 radical (unpaired) electrons. The first kappa shape index (κ1) is 16.1. The van der Waals surface area contributed by atoms with Crippen LogP contribution in [-0.4, -0.2) is 17.5 Å². The highest BCUT2D eigenvalue weighted by atomic mass is 35.5. The van der Waals surface area contributed by atoms with E-state index < -0.39 is 0 Å². The molecule has 0 spiro atoms. The molecular formula is C8H8Cl2N2S2. The maximum atomic E-state index is 7.93. The van der Waals surface area contributed by atoms with E-state index in [0.29, 0.717) is 22.4 Å². The molecule has 76 valence electrons. The van der Waals surface area contributed by atoms with Crippen molar-refractivity contribution < 1.29 is 0 Å². The van der Waals surface area contributed by atoms with Gasteiger partial charge in [-0.15, -0.1) is 0 Å². The van der Waals surface area contributed by atoms with Gasteiger partial charge < -0.3 is 0 Å². The quantitative estimate of drug-likeness (QED) is 0.441. The van der Waals surface area contributed by atoms with Gasteiger partial charge in [0.15, 0.2) is 0 Å². The lowest BCUT2D eigenvalue weighted by molar-refractivity contribution is 1.25. The van der Waals surface area contributed by atoms with Gasteiger partial charge in [-0.25, -0.2) is 4.99 Å². The van der Waals surface area contributed by atoms with Crippen molar-refractivity contribution in [1.29, 1.82) is 5.26 Å². The topological polar surface area (TPSA) is 36.1 Å². The van der Waals surface area contributed by atoms with Crippen molar-refractivity contribution in [2.75, 3.05) is 12.3 Å². The van der Waals surface area contributed by atoms with Gasteiger partial charge in [0.25, 0.3) is 0 Å². The van der Waals surface area contributed by atoms with E-state index in [1.165, 1.54) is 0 Å². The van der Waals surface area contributed by atoms with E-state index in [1.54, 1.807) is 0 Å². The molecule has 6 heteroatoms. The van der Waals surface area contributed by atoms with Gasteiger partial charge in [-0.05, 0) is 24.0 Å². The summed E-state index contributed by atoms with van der Waals surface area (Å²) in [4.78, 5) is 3.50. The first-order valence-corrected chi connectivity index (χ1v) is 5.40. The summed E-state index contributed by atoms with van der Waals surface area (Å²) in [7, 11) is 0. The Morgan fingerprint density at radius 2 is 2.00 bits per heavy atom. The van der Waals surface area contributed by atoms with E-state index in [1.807, 2.05) is 5.40 Å². The van der Waals surface area contributed by atoms with Crippen LogP contribution in [0.2, 0.25) is 0 Å². The number of aliphatic imine (C=N–C) groups is 1. The SMILES string of the molecule is C=C(Cl)CN=C=S.C=C(Cl)CSC#N. The number of nitriles is 1. The van der Waals surface area contributed by atoms with Crippen LogP contribution in [0.25, 0.3) is 0 Å². The molecule has 0 rings (SSSR count). The van der Waals surface area contributed by atoms with Gasteiger partial charge >= 0.3 is 0 Å². The lowest BCUT2D eigenvalue weighted by Gasteiger charge is -1.82. The average Bonchev–Trinajstić information content (AvgIpc) is 2.12. The molecule has 0 unspecified atom stereocenters. The molecule has 0 aliphatic carbocycles. The zero-order valence-corrected chi connectivity index (χ0v) is 10.4. The fourth-order valence-electron chi connectivity index (χ4n) is 0.229. The van der Waals surface area contributed by atoms with Gasteiger partial charge in [-0.2, -0.15) is 5.26 Å². The number of nitrogens with zero attached hydrogens (tertiary/aromatic N) is 2.